The molecule has 8 heteroatoms. The summed E-state index contributed by atoms with van der Waals surface area (Å²) in [6, 6.07) is 12.8. The minimum Gasteiger partial charge on any atom is -0.496 e. The zero-order valence-corrected chi connectivity index (χ0v) is 21.2. The first-order chi connectivity index (χ1) is 16.7. The first-order valence-electron chi connectivity index (χ1n) is 11.3. The quantitative estimate of drug-likeness (QED) is 0.325. The fourth-order valence-electron chi connectivity index (χ4n) is 4.16. The van der Waals surface area contributed by atoms with Gasteiger partial charge in [-0.25, -0.2) is 4.98 Å². The smallest absolute Gasteiger partial charge is 0.225 e. The lowest BCUT2D eigenvalue weighted by atomic mass is 10.0. The summed E-state index contributed by atoms with van der Waals surface area (Å²) in [7, 11) is 1.49. The Morgan fingerprint density at radius 2 is 1.77 bits per heavy atom. The summed E-state index contributed by atoms with van der Waals surface area (Å²) in [5.41, 5.74) is 5.32. The predicted octanol–water partition coefficient (Wildman–Crippen LogP) is 5.92. The van der Waals surface area contributed by atoms with E-state index in [1.165, 1.54) is 12.7 Å². The Labute approximate surface area is 209 Å². The Balaban J connectivity index is 1.55. The first-order valence-corrected chi connectivity index (χ1v) is 11.7. The zero-order valence-electron chi connectivity index (χ0n) is 20.4. The summed E-state index contributed by atoms with van der Waals surface area (Å²) in [4.78, 5) is 30.3. The summed E-state index contributed by atoms with van der Waals surface area (Å²) in [6.07, 6.45) is 0.0167. The van der Waals surface area contributed by atoms with Crippen LogP contribution in [-0.2, 0) is 4.79 Å². The van der Waals surface area contributed by atoms with Gasteiger partial charge in [-0.15, -0.1) is 0 Å². The van der Waals surface area contributed by atoms with Crippen LogP contribution in [0.15, 0.2) is 42.5 Å². The van der Waals surface area contributed by atoms with Crippen molar-refractivity contribution in [2.24, 2.45) is 0 Å². The highest BCUT2D eigenvalue weighted by Crippen LogP contribution is 2.27. The van der Waals surface area contributed by atoms with Gasteiger partial charge in [0.2, 0.25) is 5.91 Å². The normalized spacial score (nSPS) is 11.0. The minimum atomic E-state index is -0.301. The molecule has 4 rings (SSSR count). The standard InChI is InChI=1S/C27H27ClN4O3/c1-15-10-17(3)27-20(11-15)16(2)12-24(30-27)32-25(13-18(4)31-32)29-26(34)9-7-22(33)21-14-19(28)6-8-23(21)35-5/h6,8,10-14H,7,9H2,1-5H3,(H,29,34). The molecule has 0 bridgehead atoms. The third-order valence-corrected chi connectivity index (χ3v) is 6.03. The van der Waals surface area contributed by atoms with Crippen LogP contribution in [0.3, 0.4) is 0 Å². The van der Waals surface area contributed by atoms with Gasteiger partial charge in [0.25, 0.3) is 0 Å². The van der Waals surface area contributed by atoms with E-state index in [9.17, 15) is 9.59 Å². The van der Waals surface area contributed by atoms with Crippen molar-refractivity contribution >= 4 is 40.0 Å². The van der Waals surface area contributed by atoms with E-state index in [-0.39, 0.29) is 24.5 Å². The highest BCUT2D eigenvalue weighted by atomic mass is 35.5. The molecule has 0 aliphatic rings. The summed E-state index contributed by atoms with van der Waals surface area (Å²) in [6.45, 7) is 7.99. The van der Waals surface area contributed by atoms with E-state index in [1.54, 1.807) is 28.9 Å². The number of halogens is 1. The number of hydrogen-bond donors (Lipinski definition) is 1. The van der Waals surface area contributed by atoms with Crippen molar-refractivity contribution in [1.82, 2.24) is 14.8 Å². The molecule has 0 saturated carbocycles. The molecule has 0 radical (unpaired) electrons. The van der Waals surface area contributed by atoms with Crippen molar-refractivity contribution in [2.75, 3.05) is 12.4 Å². The molecule has 4 aromatic rings. The molecule has 0 unspecified atom stereocenters. The van der Waals surface area contributed by atoms with Crippen LogP contribution in [0, 0.1) is 27.7 Å². The van der Waals surface area contributed by atoms with Crippen LogP contribution in [0.25, 0.3) is 16.7 Å². The number of anilines is 1. The second-order valence-corrected chi connectivity index (χ2v) is 9.11. The van der Waals surface area contributed by atoms with Gasteiger partial charge in [-0.05, 0) is 69.2 Å². The van der Waals surface area contributed by atoms with Crippen LogP contribution in [0.5, 0.6) is 5.75 Å². The van der Waals surface area contributed by atoms with Crippen molar-refractivity contribution in [3.05, 3.63) is 75.4 Å². The maximum atomic E-state index is 12.8. The van der Waals surface area contributed by atoms with Gasteiger partial charge < -0.3 is 10.1 Å². The van der Waals surface area contributed by atoms with Crippen LogP contribution < -0.4 is 10.1 Å². The number of nitrogens with one attached hydrogen (secondary N) is 1. The van der Waals surface area contributed by atoms with Gasteiger partial charge in [0.15, 0.2) is 11.6 Å². The van der Waals surface area contributed by atoms with E-state index in [1.807, 2.05) is 26.8 Å². The van der Waals surface area contributed by atoms with Crippen LogP contribution in [0.2, 0.25) is 5.02 Å². The number of carbonyl (C=O) groups excluding carboxylic acids is 2. The Bertz CT molecular complexity index is 1460. The molecule has 2 heterocycles. The molecule has 7 nitrogen and oxygen atoms in total. The second-order valence-electron chi connectivity index (χ2n) is 8.67. The number of aromatic nitrogens is 3. The van der Waals surface area contributed by atoms with Crippen LogP contribution in [-0.4, -0.2) is 33.6 Å². The zero-order chi connectivity index (χ0) is 25.3. The SMILES string of the molecule is COc1ccc(Cl)cc1C(=O)CCC(=O)Nc1cc(C)nn1-c1cc(C)c2cc(C)cc(C)c2n1. The number of methoxy groups -OCH3 is 1. The molecule has 0 atom stereocenters. The molecule has 0 saturated heterocycles. The lowest BCUT2D eigenvalue weighted by Gasteiger charge is -2.12. The molecular formula is C27H27ClN4O3. The maximum Gasteiger partial charge on any atom is 0.225 e. The number of pyridine rings is 1. The van der Waals surface area contributed by atoms with Crippen molar-refractivity contribution in [2.45, 2.75) is 40.5 Å². The minimum absolute atomic E-state index is 0.00128. The number of amides is 1. The molecule has 2 aromatic carbocycles. The van der Waals surface area contributed by atoms with Gasteiger partial charge in [0, 0.05) is 29.3 Å². The number of rotatable bonds is 7. The lowest BCUT2D eigenvalue weighted by molar-refractivity contribution is -0.116. The fraction of sp³-hybridized carbons (Fsp3) is 0.259. The third kappa shape index (κ3) is 5.20. The van der Waals surface area contributed by atoms with Gasteiger partial charge in [-0.1, -0.05) is 23.2 Å². The number of hydrogen-bond acceptors (Lipinski definition) is 5. The van der Waals surface area contributed by atoms with E-state index in [4.69, 9.17) is 21.3 Å². The average molecular weight is 491 g/mol. The van der Waals surface area contributed by atoms with Gasteiger partial charge in [-0.3, -0.25) is 9.59 Å². The topological polar surface area (TPSA) is 86.1 Å². The summed E-state index contributed by atoms with van der Waals surface area (Å²) < 4.78 is 6.87. The molecule has 0 aliphatic heterocycles. The highest BCUT2D eigenvalue weighted by Gasteiger charge is 2.17. The number of aryl methyl sites for hydroxylation is 4. The van der Waals surface area contributed by atoms with E-state index in [0.29, 0.717) is 28.0 Å². The molecule has 180 valence electrons. The first kappa shape index (κ1) is 24.4. The van der Waals surface area contributed by atoms with Gasteiger partial charge in [-0.2, -0.15) is 9.78 Å². The molecule has 35 heavy (non-hydrogen) atoms. The van der Waals surface area contributed by atoms with Crippen molar-refractivity contribution < 1.29 is 14.3 Å². The van der Waals surface area contributed by atoms with Gasteiger partial charge in [0.05, 0.1) is 23.9 Å². The van der Waals surface area contributed by atoms with Crippen molar-refractivity contribution in [3.63, 3.8) is 0 Å². The van der Waals surface area contributed by atoms with Gasteiger partial charge >= 0.3 is 0 Å². The number of ketones is 1. The van der Waals surface area contributed by atoms with Gasteiger partial charge in [0.1, 0.15) is 11.6 Å². The molecule has 0 fully saturated rings. The molecule has 0 spiro atoms. The number of carbonyl (C=O) groups is 2. The molecule has 1 amide bonds. The summed E-state index contributed by atoms with van der Waals surface area (Å²) >= 11 is 6.03. The highest BCUT2D eigenvalue weighted by molar-refractivity contribution is 6.31. The number of nitrogens with zero attached hydrogens (tertiary/aromatic N) is 3. The van der Waals surface area contributed by atoms with Crippen molar-refractivity contribution in [1.29, 1.82) is 0 Å². The molecule has 1 N–H and O–H groups in total. The largest absolute Gasteiger partial charge is 0.496 e. The molecule has 0 aliphatic carbocycles. The summed E-state index contributed by atoms with van der Waals surface area (Å²) in [5.74, 6) is 1.02. The van der Waals surface area contributed by atoms with E-state index in [2.05, 4.69) is 29.5 Å². The second kappa shape index (κ2) is 9.88. The lowest BCUT2D eigenvalue weighted by Crippen LogP contribution is -2.17. The predicted molar refractivity (Wildman–Crippen MR) is 138 cm³/mol. The Morgan fingerprint density at radius 3 is 2.51 bits per heavy atom. The Hall–Kier alpha value is -3.71. The Morgan fingerprint density at radius 1 is 1.00 bits per heavy atom. The molecular weight excluding hydrogens is 464 g/mol. The van der Waals surface area contributed by atoms with Crippen LogP contribution >= 0.6 is 11.6 Å². The van der Waals surface area contributed by atoms with Crippen LogP contribution in [0.4, 0.5) is 5.82 Å². The van der Waals surface area contributed by atoms with Crippen LogP contribution in [0.1, 0.15) is 45.6 Å². The Kier molecular flexibility index (Phi) is 6.89. The number of ether oxygens (including phenoxy) is 1. The van der Waals surface area contributed by atoms with E-state index in [0.717, 1.165) is 27.7 Å². The maximum absolute atomic E-state index is 12.8. The number of fused-ring (bicyclic) bond motifs is 1. The third-order valence-electron chi connectivity index (χ3n) is 5.80. The number of Topliss-reactive ketones (excluding diaryl/α,β-unsaturated/α-hetero) is 1. The average Bonchev–Trinajstić information content (AvgIpc) is 3.17. The summed E-state index contributed by atoms with van der Waals surface area (Å²) in [5, 5.41) is 8.95. The fourth-order valence-corrected chi connectivity index (χ4v) is 4.34. The molecule has 2 aromatic heterocycles. The monoisotopic (exact) mass is 490 g/mol. The number of benzene rings is 2. The van der Waals surface area contributed by atoms with E-state index >= 15 is 0 Å². The van der Waals surface area contributed by atoms with Crippen molar-refractivity contribution in [3.8, 4) is 11.6 Å². The van der Waals surface area contributed by atoms with E-state index < -0.39 is 0 Å².